The minimum atomic E-state index is -1.43. The first-order valence-electron chi connectivity index (χ1n) is 2.46. The van der Waals surface area contributed by atoms with Crippen molar-refractivity contribution in [3.8, 4) is 0 Å². The fraction of sp³-hybridized carbons (Fsp3) is 0.750. The molecule has 0 bridgehead atoms. The zero-order chi connectivity index (χ0) is 7.28. The van der Waals surface area contributed by atoms with Gasteiger partial charge in [0.05, 0.1) is 0 Å². The molecule has 0 spiro atoms. The predicted octanol–water partition coefficient (Wildman–Crippen LogP) is -1.05. The van der Waals surface area contributed by atoms with Gasteiger partial charge in [-0.2, -0.15) is 0 Å². The first-order chi connectivity index (χ1) is 4.13. The maximum absolute atomic E-state index is 9.71. The Labute approximate surface area is 51.9 Å². The van der Waals surface area contributed by atoms with Crippen molar-refractivity contribution in [2.75, 3.05) is 6.54 Å². The maximum Gasteiger partial charge on any atom is 0.404 e. The Kier molecular flexibility index (Phi) is 3.74. The molecule has 0 rings (SSSR count). The Hall–Kier alpha value is -0.810. The van der Waals surface area contributed by atoms with Crippen LogP contribution in [0.3, 0.4) is 0 Å². The number of hydrogen-bond acceptors (Lipinski definition) is 3. The molecule has 0 unspecified atom stereocenters. The highest BCUT2D eigenvalue weighted by molar-refractivity contribution is 5.64. The van der Waals surface area contributed by atoms with Crippen LogP contribution in [0, 0.1) is 0 Å². The van der Waals surface area contributed by atoms with E-state index in [9.17, 15) is 4.79 Å². The van der Waals surface area contributed by atoms with Gasteiger partial charge in [-0.3, -0.25) is 0 Å². The molecule has 0 aromatic heterocycles. The average molecular weight is 135 g/mol. The van der Waals surface area contributed by atoms with Crippen molar-refractivity contribution in [1.82, 2.24) is 5.32 Å². The van der Waals surface area contributed by atoms with Crippen molar-refractivity contribution < 1.29 is 20.1 Å². The van der Waals surface area contributed by atoms with E-state index in [1.165, 1.54) is 0 Å². The number of aliphatic hydroxyl groups excluding tert-OH is 1. The van der Waals surface area contributed by atoms with Crippen LogP contribution in [-0.4, -0.2) is 34.2 Å². The van der Waals surface area contributed by atoms with E-state index in [4.69, 9.17) is 15.3 Å². The van der Waals surface area contributed by atoms with Gasteiger partial charge in [0.2, 0.25) is 0 Å². The standard InChI is InChI=1S/C4H9NO4/c6-3(7)1-2-5-4(8)9/h3,5-7H,1-2H2,(H,8,9). The summed E-state index contributed by atoms with van der Waals surface area (Å²) in [7, 11) is 0. The highest BCUT2D eigenvalue weighted by Crippen LogP contribution is 1.81. The molecule has 5 heteroatoms. The second-order valence-electron chi connectivity index (χ2n) is 1.50. The van der Waals surface area contributed by atoms with Crippen molar-refractivity contribution in [1.29, 1.82) is 0 Å². The summed E-state index contributed by atoms with van der Waals surface area (Å²) < 4.78 is 0. The Morgan fingerprint density at radius 2 is 2.11 bits per heavy atom. The molecule has 1 amide bonds. The molecule has 0 fully saturated rings. The lowest BCUT2D eigenvalue weighted by Crippen LogP contribution is -2.24. The minimum Gasteiger partial charge on any atom is -0.465 e. The number of hydrogen-bond donors (Lipinski definition) is 4. The number of aliphatic hydroxyl groups is 2. The molecule has 0 aromatic carbocycles. The topological polar surface area (TPSA) is 89.8 Å². The Balaban J connectivity index is 3.01. The fourth-order valence-corrected chi connectivity index (χ4v) is 0.308. The third-order valence-electron chi connectivity index (χ3n) is 0.679. The molecule has 0 aliphatic carbocycles. The molecule has 4 N–H and O–H groups in total. The fourth-order valence-electron chi connectivity index (χ4n) is 0.308. The summed E-state index contributed by atoms with van der Waals surface area (Å²) >= 11 is 0. The van der Waals surface area contributed by atoms with E-state index in [0.29, 0.717) is 0 Å². The van der Waals surface area contributed by atoms with Gasteiger partial charge in [-0.05, 0) is 0 Å². The van der Waals surface area contributed by atoms with Gasteiger partial charge in [0, 0.05) is 13.0 Å². The molecule has 0 saturated carbocycles. The molecule has 5 nitrogen and oxygen atoms in total. The lowest BCUT2D eigenvalue weighted by Gasteiger charge is -2.01. The van der Waals surface area contributed by atoms with Gasteiger partial charge in [0.15, 0.2) is 6.29 Å². The third kappa shape index (κ3) is 7.19. The van der Waals surface area contributed by atoms with Crippen LogP contribution in [-0.2, 0) is 0 Å². The zero-order valence-electron chi connectivity index (χ0n) is 4.74. The van der Waals surface area contributed by atoms with Gasteiger partial charge in [0.1, 0.15) is 0 Å². The Morgan fingerprint density at radius 3 is 2.44 bits per heavy atom. The van der Waals surface area contributed by atoms with E-state index in [2.05, 4.69) is 0 Å². The van der Waals surface area contributed by atoms with Crippen LogP contribution in [0.25, 0.3) is 0 Å². The summed E-state index contributed by atoms with van der Waals surface area (Å²) in [5, 5.41) is 26.3. The van der Waals surface area contributed by atoms with Crippen molar-refractivity contribution in [3.63, 3.8) is 0 Å². The van der Waals surface area contributed by atoms with Crippen molar-refractivity contribution in [2.45, 2.75) is 12.7 Å². The molecule has 0 saturated heterocycles. The number of amides is 1. The maximum atomic E-state index is 9.71. The summed E-state index contributed by atoms with van der Waals surface area (Å²) in [5.41, 5.74) is 0. The summed E-state index contributed by atoms with van der Waals surface area (Å²) in [4.78, 5) is 9.71. The lowest BCUT2D eigenvalue weighted by molar-refractivity contribution is -0.0440. The van der Waals surface area contributed by atoms with Crippen LogP contribution in [0.4, 0.5) is 4.79 Å². The molecule has 0 aliphatic rings. The molecule has 0 heterocycles. The first kappa shape index (κ1) is 8.19. The van der Waals surface area contributed by atoms with Crippen LogP contribution in [0.2, 0.25) is 0 Å². The summed E-state index contributed by atoms with van der Waals surface area (Å²) in [6, 6.07) is 0. The van der Waals surface area contributed by atoms with E-state index in [-0.39, 0.29) is 13.0 Å². The second kappa shape index (κ2) is 4.11. The van der Waals surface area contributed by atoms with Crippen LogP contribution in [0.15, 0.2) is 0 Å². The monoisotopic (exact) mass is 135 g/mol. The van der Waals surface area contributed by atoms with Crippen LogP contribution >= 0.6 is 0 Å². The SMILES string of the molecule is O=C(O)NCCC(O)O. The largest absolute Gasteiger partial charge is 0.465 e. The molecular formula is C4H9NO4. The molecule has 54 valence electrons. The average Bonchev–Trinajstić information content (AvgIpc) is 1.63. The predicted molar refractivity (Wildman–Crippen MR) is 28.9 cm³/mol. The minimum absolute atomic E-state index is 0.0201. The van der Waals surface area contributed by atoms with Gasteiger partial charge in [-0.1, -0.05) is 0 Å². The van der Waals surface area contributed by atoms with Gasteiger partial charge >= 0.3 is 6.09 Å². The van der Waals surface area contributed by atoms with E-state index in [0.717, 1.165) is 0 Å². The van der Waals surface area contributed by atoms with Crippen LogP contribution in [0.1, 0.15) is 6.42 Å². The number of rotatable bonds is 3. The molecule has 0 radical (unpaired) electrons. The number of nitrogens with one attached hydrogen (secondary N) is 1. The van der Waals surface area contributed by atoms with Crippen molar-refractivity contribution in [3.05, 3.63) is 0 Å². The van der Waals surface area contributed by atoms with Crippen LogP contribution in [0.5, 0.6) is 0 Å². The van der Waals surface area contributed by atoms with Crippen LogP contribution < -0.4 is 5.32 Å². The Bertz CT molecular complexity index is 92.6. The van der Waals surface area contributed by atoms with Crippen molar-refractivity contribution >= 4 is 6.09 Å². The van der Waals surface area contributed by atoms with Gasteiger partial charge in [-0.15, -0.1) is 0 Å². The summed E-state index contributed by atoms with van der Waals surface area (Å²) in [6.07, 6.45) is -2.57. The van der Waals surface area contributed by atoms with Gasteiger partial charge in [-0.25, -0.2) is 4.79 Å². The Morgan fingerprint density at radius 1 is 1.56 bits per heavy atom. The molecular weight excluding hydrogens is 126 g/mol. The van der Waals surface area contributed by atoms with Gasteiger partial charge < -0.3 is 20.6 Å². The number of carbonyl (C=O) groups is 1. The number of carboxylic acid groups (broad SMARTS) is 1. The summed E-state index contributed by atoms with van der Waals surface area (Å²) in [6.45, 7) is 0.0625. The quantitative estimate of drug-likeness (QED) is 0.372. The van der Waals surface area contributed by atoms with E-state index >= 15 is 0 Å². The van der Waals surface area contributed by atoms with Crippen molar-refractivity contribution in [2.24, 2.45) is 0 Å². The van der Waals surface area contributed by atoms with E-state index < -0.39 is 12.4 Å². The lowest BCUT2D eigenvalue weighted by atomic mass is 10.4. The molecule has 0 aromatic rings. The second-order valence-corrected chi connectivity index (χ2v) is 1.50. The van der Waals surface area contributed by atoms with E-state index in [1.54, 1.807) is 0 Å². The zero-order valence-corrected chi connectivity index (χ0v) is 4.74. The summed E-state index contributed by atoms with van der Waals surface area (Å²) in [5.74, 6) is 0. The third-order valence-corrected chi connectivity index (χ3v) is 0.679. The smallest absolute Gasteiger partial charge is 0.404 e. The normalized spacial score (nSPS) is 9.67. The molecule has 0 atom stereocenters. The first-order valence-corrected chi connectivity index (χ1v) is 2.46. The highest BCUT2D eigenvalue weighted by atomic mass is 16.5. The van der Waals surface area contributed by atoms with E-state index in [1.807, 2.05) is 5.32 Å². The molecule has 9 heavy (non-hydrogen) atoms. The molecule has 0 aliphatic heterocycles. The highest BCUT2D eigenvalue weighted by Gasteiger charge is 1.97. The van der Waals surface area contributed by atoms with Gasteiger partial charge in [0.25, 0.3) is 0 Å².